The summed E-state index contributed by atoms with van der Waals surface area (Å²) in [5.74, 6) is -0.314. The van der Waals surface area contributed by atoms with E-state index in [9.17, 15) is 9.59 Å². The van der Waals surface area contributed by atoms with E-state index in [0.717, 1.165) is 18.7 Å². The molecular formula is C17H24N4O2. The fourth-order valence-corrected chi connectivity index (χ4v) is 2.33. The second-order valence-electron chi connectivity index (χ2n) is 5.72. The van der Waals surface area contributed by atoms with Crippen molar-refractivity contribution >= 4 is 23.6 Å². The topological polar surface area (TPSA) is 78.7 Å². The fraction of sp³-hybridized carbons (Fsp3) is 0.412. The highest BCUT2D eigenvalue weighted by Crippen LogP contribution is 2.12. The molecule has 6 nitrogen and oxygen atoms in total. The van der Waals surface area contributed by atoms with E-state index in [4.69, 9.17) is 5.73 Å². The number of nitrogen functional groups attached to an aromatic ring is 1. The minimum absolute atomic E-state index is 0.142. The summed E-state index contributed by atoms with van der Waals surface area (Å²) in [6.45, 7) is 4.76. The SMILES string of the molecule is CCC(=O)N/C(=C/c1ccc(N)cc1)C(=O)N1CCN(C)CC1. The Morgan fingerprint density at radius 2 is 1.78 bits per heavy atom. The molecule has 3 N–H and O–H groups in total. The number of amides is 2. The van der Waals surface area contributed by atoms with Gasteiger partial charge in [0.05, 0.1) is 0 Å². The highest BCUT2D eigenvalue weighted by atomic mass is 16.2. The quantitative estimate of drug-likeness (QED) is 0.639. The van der Waals surface area contributed by atoms with Crippen LogP contribution in [0.4, 0.5) is 5.69 Å². The van der Waals surface area contributed by atoms with E-state index >= 15 is 0 Å². The van der Waals surface area contributed by atoms with Gasteiger partial charge in [-0.3, -0.25) is 9.59 Å². The number of nitrogens with zero attached hydrogens (tertiary/aromatic N) is 2. The molecule has 2 rings (SSSR count). The molecule has 0 radical (unpaired) electrons. The number of hydrogen-bond donors (Lipinski definition) is 2. The number of anilines is 1. The zero-order chi connectivity index (χ0) is 16.8. The molecule has 0 bridgehead atoms. The third kappa shape index (κ3) is 4.82. The van der Waals surface area contributed by atoms with Crippen LogP contribution in [0.15, 0.2) is 30.0 Å². The Balaban J connectivity index is 2.20. The monoisotopic (exact) mass is 316 g/mol. The van der Waals surface area contributed by atoms with Crippen molar-refractivity contribution < 1.29 is 9.59 Å². The molecule has 0 saturated carbocycles. The minimum Gasteiger partial charge on any atom is -0.399 e. The number of likely N-dealkylation sites (N-methyl/N-ethyl adjacent to an activating group) is 1. The van der Waals surface area contributed by atoms with Gasteiger partial charge in [-0.2, -0.15) is 0 Å². The summed E-state index contributed by atoms with van der Waals surface area (Å²) >= 11 is 0. The van der Waals surface area contributed by atoms with Crippen molar-refractivity contribution in [2.24, 2.45) is 0 Å². The molecule has 1 saturated heterocycles. The van der Waals surface area contributed by atoms with Crippen LogP contribution in [-0.2, 0) is 9.59 Å². The number of nitrogens with one attached hydrogen (secondary N) is 1. The van der Waals surface area contributed by atoms with Crippen LogP contribution < -0.4 is 11.1 Å². The largest absolute Gasteiger partial charge is 0.399 e. The molecule has 23 heavy (non-hydrogen) atoms. The summed E-state index contributed by atoms with van der Waals surface area (Å²) in [5, 5.41) is 2.72. The van der Waals surface area contributed by atoms with Crippen LogP contribution in [-0.4, -0.2) is 54.8 Å². The van der Waals surface area contributed by atoms with Crippen LogP contribution in [0.1, 0.15) is 18.9 Å². The van der Waals surface area contributed by atoms with Crippen molar-refractivity contribution in [1.82, 2.24) is 15.1 Å². The first-order chi connectivity index (χ1) is 11.0. The number of rotatable bonds is 4. The maximum Gasteiger partial charge on any atom is 0.270 e. The Morgan fingerprint density at radius 3 is 2.35 bits per heavy atom. The second kappa shape index (κ2) is 7.78. The van der Waals surface area contributed by atoms with Gasteiger partial charge in [-0.25, -0.2) is 0 Å². The first-order valence-corrected chi connectivity index (χ1v) is 7.84. The van der Waals surface area contributed by atoms with E-state index in [1.165, 1.54) is 0 Å². The third-order valence-corrected chi connectivity index (χ3v) is 3.86. The number of nitrogens with two attached hydrogens (primary N) is 1. The maximum absolute atomic E-state index is 12.7. The smallest absolute Gasteiger partial charge is 0.270 e. The minimum atomic E-state index is -0.172. The van der Waals surface area contributed by atoms with Gasteiger partial charge in [0.25, 0.3) is 5.91 Å². The van der Waals surface area contributed by atoms with Crippen LogP contribution in [0, 0.1) is 0 Å². The Bertz CT molecular complexity index is 587. The van der Waals surface area contributed by atoms with Crippen LogP contribution in [0.3, 0.4) is 0 Å². The Morgan fingerprint density at radius 1 is 1.17 bits per heavy atom. The van der Waals surface area contributed by atoms with E-state index in [2.05, 4.69) is 10.2 Å². The molecule has 0 unspecified atom stereocenters. The van der Waals surface area contributed by atoms with E-state index in [-0.39, 0.29) is 11.8 Å². The predicted molar refractivity (Wildman–Crippen MR) is 91.3 cm³/mol. The van der Waals surface area contributed by atoms with E-state index in [0.29, 0.717) is 30.9 Å². The Kier molecular flexibility index (Phi) is 5.76. The van der Waals surface area contributed by atoms with Gasteiger partial charge in [0, 0.05) is 38.3 Å². The molecule has 2 amide bonds. The average Bonchev–Trinajstić information content (AvgIpc) is 2.56. The molecule has 1 aliphatic rings. The molecular weight excluding hydrogens is 292 g/mol. The molecule has 0 aromatic heterocycles. The molecule has 1 heterocycles. The lowest BCUT2D eigenvalue weighted by molar-refractivity contribution is -0.130. The number of hydrogen-bond acceptors (Lipinski definition) is 4. The van der Waals surface area contributed by atoms with Gasteiger partial charge in [-0.05, 0) is 30.8 Å². The Labute approximate surface area is 136 Å². The van der Waals surface area contributed by atoms with Crippen molar-refractivity contribution in [2.75, 3.05) is 39.0 Å². The average molecular weight is 316 g/mol. The molecule has 1 aliphatic heterocycles. The lowest BCUT2D eigenvalue weighted by Crippen LogP contribution is -2.49. The number of benzene rings is 1. The van der Waals surface area contributed by atoms with Gasteiger partial charge in [0.1, 0.15) is 5.70 Å². The normalized spacial score (nSPS) is 16.3. The second-order valence-corrected chi connectivity index (χ2v) is 5.72. The highest BCUT2D eigenvalue weighted by Gasteiger charge is 2.23. The molecule has 1 aromatic rings. The lowest BCUT2D eigenvalue weighted by atomic mass is 10.1. The predicted octanol–water partition coefficient (Wildman–Crippen LogP) is 0.910. The van der Waals surface area contributed by atoms with Crippen molar-refractivity contribution in [3.8, 4) is 0 Å². The lowest BCUT2D eigenvalue weighted by Gasteiger charge is -2.33. The summed E-state index contributed by atoms with van der Waals surface area (Å²) in [7, 11) is 2.03. The summed E-state index contributed by atoms with van der Waals surface area (Å²) in [4.78, 5) is 28.4. The highest BCUT2D eigenvalue weighted by molar-refractivity contribution is 6.01. The number of carbonyl (C=O) groups excluding carboxylic acids is 2. The summed E-state index contributed by atoms with van der Waals surface area (Å²) in [5.41, 5.74) is 7.48. The number of carbonyl (C=O) groups is 2. The van der Waals surface area contributed by atoms with Gasteiger partial charge >= 0.3 is 0 Å². The van der Waals surface area contributed by atoms with Crippen molar-refractivity contribution in [3.05, 3.63) is 35.5 Å². The Hall–Kier alpha value is -2.34. The van der Waals surface area contributed by atoms with E-state index in [1.807, 2.05) is 19.2 Å². The molecule has 6 heteroatoms. The van der Waals surface area contributed by atoms with Gasteiger partial charge in [0.2, 0.25) is 5.91 Å². The molecule has 124 valence electrons. The van der Waals surface area contributed by atoms with E-state index < -0.39 is 0 Å². The van der Waals surface area contributed by atoms with Crippen molar-refractivity contribution in [3.63, 3.8) is 0 Å². The van der Waals surface area contributed by atoms with Gasteiger partial charge in [0.15, 0.2) is 0 Å². The first-order valence-electron chi connectivity index (χ1n) is 7.84. The standard InChI is InChI=1S/C17H24N4O2/c1-3-16(22)19-15(12-13-4-6-14(18)7-5-13)17(23)21-10-8-20(2)9-11-21/h4-7,12H,3,8-11,18H2,1-2H3,(H,19,22)/b15-12+. The van der Waals surface area contributed by atoms with E-state index in [1.54, 1.807) is 30.0 Å². The number of piperazine rings is 1. The molecule has 0 spiro atoms. The molecule has 0 aliphatic carbocycles. The zero-order valence-corrected chi connectivity index (χ0v) is 13.7. The van der Waals surface area contributed by atoms with Gasteiger partial charge < -0.3 is 20.9 Å². The summed E-state index contributed by atoms with van der Waals surface area (Å²) < 4.78 is 0. The van der Waals surface area contributed by atoms with Crippen LogP contribution >= 0.6 is 0 Å². The van der Waals surface area contributed by atoms with Crippen molar-refractivity contribution in [1.29, 1.82) is 0 Å². The van der Waals surface area contributed by atoms with Gasteiger partial charge in [-0.1, -0.05) is 19.1 Å². The zero-order valence-electron chi connectivity index (χ0n) is 13.7. The van der Waals surface area contributed by atoms with Crippen molar-refractivity contribution in [2.45, 2.75) is 13.3 Å². The van der Waals surface area contributed by atoms with Gasteiger partial charge in [-0.15, -0.1) is 0 Å². The van der Waals surface area contributed by atoms with Crippen LogP contribution in [0.2, 0.25) is 0 Å². The van der Waals surface area contributed by atoms with Crippen LogP contribution in [0.25, 0.3) is 6.08 Å². The maximum atomic E-state index is 12.7. The summed E-state index contributed by atoms with van der Waals surface area (Å²) in [6, 6.07) is 7.19. The summed E-state index contributed by atoms with van der Waals surface area (Å²) in [6.07, 6.45) is 2.03. The van der Waals surface area contributed by atoms with Crippen LogP contribution in [0.5, 0.6) is 0 Å². The molecule has 0 atom stereocenters. The third-order valence-electron chi connectivity index (χ3n) is 3.86. The first kappa shape index (κ1) is 17.0. The molecule has 1 fully saturated rings. The fourth-order valence-electron chi connectivity index (χ4n) is 2.33. The molecule has 1 aromatic carbocycles.